The molecule has 3 aliphatic rings. The smallest absolute Gasteiger partial charge is 0.0623 e. The Morgan fingerprint density at radius 2 is 1.95 bits per heavy atom. The number of hydrogen-bond acceptors (Lipinski definition) is 3. The second kappa shape index (κ2) is 6.69. The van der Waals surface area contributed by atoms with E-state index in [1.165, 1.54) is 38.6 Å². The van der Waals surface area contributed by atoms with Crippen LogP contribution in [0, 0.1) is 11.8 Å². The van der Waals surface area contributed by atoms with Gasteiger partial charge in [-0.05, 0) is 55.2 Å². The van der Waals surface area contributed by atoms with Gasteiger partial charge in [-0.25, -0.2) is 0 Å². The first-order chi connectivity index (χ1) is 10.9. The molecule has 3 atom stereocenters. The van der Waals surface area contributed by atoms with Gasteiger partial charge in [0.1, 0.15) is 0 Å². The molecular weight excluding hydrogens is 272 g/mol. The van der Waals surface area contributed by atoms with E-state index < -0.39 is 0 Å². The quantitative estimate of drug-likeness (QED) is 0.894. The van der Waals surface area contributed by atoms with Crippen LogP contribution >= 0.6 is 0 Å². The van der Waals surface area contributed by atoms with Crippen LogP contribution in [0.4, 0.5) is 0 Å². The van der Waals surface area contributed by atoms with Crippen molar-refractivity contribution in [3.8, 4) is 0 Å². The normalized spacial score (nSPS) is 32.3. The minimum Gasteiger partial charge on any atom is -0.379 e. The summed E-state index contributed by atoms with van der Waals surface area (Å²) in [7, 11) is 0. The van der Waals surface area contributed by atoms with E-state index in [2.05, 4.69) is 34.9 Å². The molecule has 3 heteroatoms. The van der Waals surface area contributed by atoms with Gasteiger partial charge in [0.2, 0.25) is 0 Å². The molecule has 2 N–H and O–H groups in total. The molecule has 1 aliphatic heterocycles. The average Bonchev–Trinajstić information content (AvgIpc) is 3.20. The first kappa shape index (κ1) is 14.7. The number of hydrogen-bond donors (Lipinski definition) is 2. The number of ether oxygens (including phenoxy) is 1. The van der Waals surface area contributed by atoms with Crippen molar-refractivity contribution in [3.05, 3.63) is 35.4 Å². The minimum absolute atomic E-state index is 0.564. The monoisotopic (exact) mass is 300 g/mol. The molecule has 0 bridgehead atoms. The lowest BCUT2D eigenvalue weighted by Gasteiger charge is -2.33. The molecule has 1 aromatic rings. The molecule has 0 aromatic heterocycles. The van der Waals surface area contributed by atoms with Crippen LogP contribution in [0.3, 0.4) is 0 Å². The van der Waals surface area contributed by atoms with Gasteiger partial charge >= 0.3 is 0 Å². The molecule has 1 saturated heterocycles. The van der Waals surface area contributed by atoms with Crippen molar-refractivity contribution in [3.63, 3.8) is 0 Å². The highest BCUT2D eigenvalue weighted by Gasteiger charge is 2.35. The third kappa shape index (κ3) is 3.08. The van der Waals surface area contributed by atoms with Crippen molar-refractivity contribution in [2.75, 3.05) is 26.3 Å². The summed E-state index contributed by atoms with van der Waals surface area (Å²) in [5.41, 5.74) is 3.14. The summed E-state index contributed by atoms with van der Waals surface area (Å²) in [5.74, 6) is 1.54. The maximum atomic E-state index is 5.67. The van der Waals surface area contributed by atoms with Crippen LogP contribution < -0.4 is 10.6 Å². The number of nitrogens with one attached hydrogen (secondary N) is 2. The van der Waals surface area contributed by atoms with Crippen LogP contribution in [0.15, 0.2) is 24.3 Å². The summed E-state index contributed by atoms with van der Waals surface area (Å²) in [6, 6.07) is 10.2. The van der Waals surface area contributed by atoms with Gasteiger partial charge in [-0.2, -0.15) is 0 Å². The highest BCUT2D eigenvalue weighted by Crippen LogP contribution is 2.31. The number of rotatable bonds is 4. The SMILES string of the molecule is c1ccc2c(c1)CC(CNC1CCCC1C1COCCN1)C2. The molecule has 3 unspecified atom stereocenters. The molecule has 1 heterocycles. The van der Waals surface area contributed by atoms with E-state index in [-0.39, 0.29) is 0 Å². The van der Waals surface area contributed by atoms with Crippen LogP contribution in [0.2, 0.25) is 0 Å². The van der Waals surface area contributed by atoms with Gasteiger partial charge in [-0.15, -0.1) is 0 Å². The van der Waals surface area contributed by atoms with E-state index in [1.54, 1.807) is 11.1 Å². The fourth-order valence-electron chi connectivity index (χ4n) is 4.70. The van der Waals surface area contributed by atoms with Gasteiger partial charge in [0, 0.05) is 18.6 Å². The van der Waals surface area contributed by atoms with Crippen LogP contribution in [0.1, 0.15) is 30.4 Å². The third-order valence-corrected chi connectivity index (χ3v) is 5.84. The zero-order valence-electron chi connectivity index (χ0n) is 13.4. The molecular formula is C19H28N2O. The summed E-state index contributed by atoms with van der Waals surface area (Å²) in [5, 5.41) is 7.58. The van der Waals surface area contributed by atoms with E-state index in [0.29, 0.717) is 12.1 Å². The Morgan fingerprint density at radius 1 is 1.14 bits per heavy atom. The number of fused-ring (bicyclic) bond motifs is 1. The highest BCUT2D eigenvalue weighted by atomic mass is 16.5. The maximum absolute atomic E-state index is 5.67. The largest absolute Gasteiger partial charge is 0.379 e. The second-order valence-corrected chi connectivity index (χ2v) is 7.29. The standard InChI is InChI=1S/C19H28N2O/c1-2-5-16-11-14(10-15(16)4-1)12-21-18-7-3-6-17(18)19-13-22-9-8-20-19/h1-2,4-5,14,17-21H,3,6-13H2. The van der Waals surface area contributed by atoms with Crippen LogP contribution in [-0.2, 0) is 17.6 Å². The van der Waals surface area contributed by atoms with E-state index in [4.69, 9.17) is 4.74 Å². The molecule has 120 valence electrons. The topological polar surface area (TPSA) is 33.3 Å². The van der Waals surface area contributed by atoms with Crippen LogP contribution in [0.5, 0.6) is 0 Å². The Morgan fingerprint density at radius 3 is 2.68 bits per heavy atom. The summed E-state index contributed by atoms with van der Waals surface area (Å²) in [4.78, 5) is 0. The maximum Gasteiger partial charge on any atom is 0.0623 e. The van der Waals surface area contributed by atoms with Gasteiger partial charge in [0.15, 0.2) is 0 Å². The van der Waals surface area contributed by atoms with Crippen molar-refractivity contribution < 1.29 is 4.74 Å². The molecule has 1 saturated carbocycles. The molecule has 4 rings (SSSR count). The van der Waals surface area contributed by atoms with Gasteiger partial charge in [0.05, 0.1) is 13.2 Å². The Balaban J connectivity index is 1.30. The molecule has 0 amide bonds. The lowest BCUT2D eigenvalue weighted by Crippen LogP contribution is -2.51. The lowest BCUT2D eigenvalue weighted by molar-refractivity contribution is 0.0523. The van der Waals surface area contributed by atoms with E-state index in [0.717, 1.165) is 31.6 Å². The molecule has 2 fully saturated rings. The molecule has 22 heavy (non-hydrogen) atoms. The van der Waals surface area contributed by atoms with Crippen molar-refractivity contribution in [1.82, 2.24) is 10.6 Å². The Hall–Kier alpha value is -0.900. The lowest BCUT2D eigenvalue weighted by atomic mass is 9.93. The Bertz CT molecular complexity index is 473. The Labute approximate surface area is 133 Å². The van der Waals surface area contributed by atoms with Crippen molar-refractivity contribution >= 4 is 0 Å². The highest BCUT2D eigenvalue weighted by molar-refractivity contribution is 5.32. The fraction of sp³-hybridized carbons (Fsp3) is 0.684. The predicted octanol–water partition coefficient (Wildman–Crippen LogP) is 2.15. The minimum atomic E-state index is 0.564. The second-order valence-electron chi connectivity index (χ2n) is 7.29. The summed E-state index contributed by atoms with van der Waals surface area (Å²) in [6.45, 7) is 3.97. The first-order valence-corrected chi connectivity index (χ1v) is 9.01. The summed E-state index contributed by atoms with van der Waals surface area (Å²) in [6.07, 6.45) is 6.56. The van der Waals surface area contributed by atoms with Gasteiger partial charge < -0.3 is 15.4 Å². The third-order valence-electron chi connectivity index (χ3n) is 5.84. The van der Waals surface area contributed by atoms with Crippen LogP contribution in [-0.4, -0.2) is 38.4 Å². The summed E-state index contributed by atoms with van der Waals surface area (Å²) >= 11 is 0. The molecule has 0 spiro atoms. The van der Waals surface area contributed by atoms with Crippen molar-refractivity contribution in [2.45, 2.75) is 44.2 Å². The number of morpholine rings is 1. The van der Waals surface area contributed by atoms with Gasteiger partial charge in [-0.3, -0.25) is 0 Å². The Kier molecular flexibility index (Phi) is 4.47. The average molecular weight is 300 g/mol. The van der Waals surface area contributed by atoms with E-state index in [1.807, 2.05) is 0 Å². The first-order valence-electron chi connectivity index (χ1n) is 9.01. The van der Waals surface area contributed by atoms with E-state index >= 15 is 0 Å². The van der Waals surface area contributed by atoms with Crippen LogP contribution in [0.25, 0.3) is 0 Å². The number of benzene rings is 1. The molecule has 1 aromatic carbocycles. The molecule has 0 radical (unpaired) electrons. The summed E-state index contributed by atoms with van der Waals surface area (Å²) < 4.78 is 5.67. The predicted molar refractivity (Wildman–Crippen MR) is 89.1 cm³/mol. The van der Waals surface area contributed by atoms with Crippen molar-refractivity contribution in [1.29, 1.82) is 0 Å². The molecule has 3 nitrogen and oxygen atoms in total. The van der Waals surface area contributed by atoms with Crippen molar-refractivity contribution in [2.24, 2.45) is 11.8 Å². The molecule has 2 aliphatic carbocycles. The van der Waals surface area contributed by atoms with Gasteiger partial charge in [0.25, 0.3) is 0 Å². The van der Waals surface area contributed by atoms with E-state index in [9.17, 15) is 0 Å². The van der Waals surface area contributed by atoms with Gasteiger partial charge in [-0.1, -0.05) is 30.7 Å². The fourth-order valence-corrected chi connectivity index (χ4v) is 4.70. The zero-order chi connectivity index (χ0) is 14.8. The zero-order valence-corrected chi connectivity index (χ0v) is 13.4.